The Hall–Kier alpha value is -3.26. The van der Waals surface area contributed by atoms with E-state index in [4.69, 9.17) is 0 Å². The third kappa shape index (κ3) is 4.60. The first kappa shape index (κ1) is 19.1. The molecule has 0 fully saturated rings. The Morgan fingerprint density at radius 1 is 1.17 bits per heavy atom. The number of ketones is 1. The van der Waals surface area contributed by atoms with Gasteiger partial charge in [0.2, 0.25) is 0 Å². The maximum absolute atomic E-state index is 13.0. The molecule has 0 radical (unpaired) electrons. The number of carbonyl (C=O) groups is 1. The van der Waals surface area contributed by atoms with E-state index in [-0.39, 0.29) is 11.6 Å². The van der Waals surface area contributed by atoms with Gasteiger partial charge in [-0.3, -0.25) is 9.78 Å². The van der Waals surface area contributed by atoms with Crippen LogP contribution in [0.2, 0.25) is 0 Å². The van der Waals surface area contributed by atoms with Crippen LogP contribution in [0.25, 0.3) is 10.7 Å². The number of nitrogens with zero attached hydrogens (tertiary/aromatic N) is 5. The molecular formula is C21H18FN5OS. The number of Topliss-reactive ketones (excluding diaryl/α,β-unsaturated/α-hetero) is 1. The zero-order valence-corrected chi connectivity index (χ0v) is 16.6. The van der Waals surface area contributed by atoms with Gasteiger partial charge < -0.3 is 0 Å². The number of hydrogen-bond acceptors (Lipinski definition) is 6. The number of aryl methyl sites for hydroxylation is 2. The fourth-order valence-electron chi connectivity index (χ4n) is 2.93. The number of benzene rings is 1. The molecule has 0 atom stereocenters. The van der Waals surface area contributed by atoms with E-state index >= 15 is 0 Å². The molecule has 0 bridgehead atoms. The van der Waals surface area contributed by atoms with Crippen LogP contribution < -0.4 is 0 Å². The smallest absolute Gasteiger partial charge is 0.175 e. The van der Waals surface area contributed by atoms with Crippen LogP contribution in [0.4, 0.5) is 4.39 Å². The highest BCUT2D eigenvalue weighted by Crippen LogP contribution is 2.27. The minimum Gasteiger partial charge on any atom is -0.293 e. The average Bonchev–Trinajstić information content (AvgIpc) is 3.35. The summed E-state index contributed by atoms with van der Waals surface area (Å²) in [5.74, 6) is -0.208. The Labute approximate surface area is 171 Å². The summed E-state index contributed by atoms with van der Waals surface area (Å²) in [5.41, 5.74) is 3.28. The van der Waals surface area contributed by atoms with Crippen LogP contribution in [-0.4, -0.2) is 30.7 Å². The molecule has 8 heteroatoms. The summed E-state index contributed by atoms with van der Waals surface area (Å²) < 4.78 is 14.7. The zero-order valence-electron chi connectivity index (χ0n) is 15.7. The number of carbonyl (C=O) groups excluding carboxylic acids is 1. The lowest BCUT2D eigenvalue weighted by Crippen LogP contribution is -2.01. The summed E-state index contributed by atoms with van der Waals surface area (Å²) in [6, 6.07) is 10.1. The van der Waals surface area contributed by atoms with Crippen molar-refractivity contribution < 1.29 is 9.18 Å². The molecule has 3 heterocycles. The maximum atomic E-state index is 13.0. The highest BCUT2D eigenvalue weighted by Gasteiger charge is 2.18. The van der Waals surface area contributed by atoms with E-state index in [1.807, 2.05) is 19.1 Å². The van der Waals surface area contributed by atoms with Crippen molar-refractivity contribution in [2.45, 2.75) is 26.3 Å². The lowest BCUT2D eigenvalue weighted by Gasteiger charge is -2.00. The number of hydrogen-bond donors (Lipinski definition) is 0. The Balaban J connectivity index is 1.45. The van der Waals surface area contributed by atoms with Gasteiger partial charge in [0.15, 0.2) is 5.78 Å². The van der Waals surface area contributed by atoms with Crippen LogP contribution in [0, 0.1) is 12.7 Å². The molecule has 0 aliphatic heterocycles. The van der Waals surface area contributed by atoms with Crippen molar-refractivity contribution in [2.24, 2.45) is 0 Å². The van der Waals surface area contributed by atoms with E-state index in [0.717, 1.165) is 11.1 Å². The summed E-state index contributed by atoms with van der Waals surface area (Å²) in [6.45, 7) is 2.31. The summed E-state index contributed by atoms with van der Waals surface area (Å²) in [4.78, 5) is 21.9. The molecular weight excluding hydrogens is 389 g/mol. The minimum atomic E-state index is -0.271. The van der Waals surface area contributed by atoms with E-state index in [1.54, 1.807) is 35.4 Å². The maximum Gasteiger partial charge on any atom is 0.175 e. The fraction of sp³-hybridized carbons (Fsp3) is 0.190. The first-order valence-corrected chi connectivity index (χ1v) is 9.94. The zero-order chi connectivity index (χ0) is 20.2. The van der Waals surface area contributed by atoms with Crippen molar-refractivity contribution >= 4 is 17.1 Å². The Morgan fingerprint density at radius 2 is 2.00 bits per heavy atom. The van der Waals surface area contributed by atoms with Gasteiger partial charge in [0, 0.05) is 18.8 Å². The third-order valence-electron chi connectivity index (χ3n) is 4.43. The Kier molecular flexibility index (Phi) is 5.53. The normalized spacial score (nSPS) is 11.0. The van der Waals surface area contributed by atoms with Crippen LogP contribution >= 0.6 is 11.3 Å². The third-order valence-corrected chi connectivity index (χ3v) is 5.65. The van der Waals surface area contributed by atoms with Crippen molar-refractivity contribution in [2.75, 3.05) is 0 Å². The minimum absolute atomic E-state index is 0.0637. The molecule has 146 valence electrons. The predicted octanol–water partition coefficient (Wildman–Crippen LogP) is 4.11. The SMILES string of the molecule is Cc1nc(-c2cn(Cc3ccc(F)cc3)nn2)sc1C(=O)CCc1cccnc1. The molecule has 1 aromatic carbocycles. The monoisotopic (exact) mass is 407 g/mol. The molecule has 0 aliphatic rings. The van der Waals surface area contributed by atoms with Gasteiger partial charge >= 0.3 is 0 Å². The van der Waals surface area contributed by atoms with E-state index in [0.29, 0.717) is 40.7 Å². The topological polar surface area (TPSA) is 73.6 Å². The lowest BCUT2D eigenvalue weighted by atomic mass is 10.1. The molecule has 0 unspecified atom stereocenters. The molecule has 0 N–H and O–H groups in total. The molecule has 4 rings (SSSR count). The Morgan fingerprint density at radius 3 is 2.76 bits per heavy atom. The molecule has 29 heavy (non-hydrogen) atoms. The molecule has 4 aromatic rings. The number of pyridine rings is 1. The van der Waals surface area contributed by atoms with Gasteiger partial charge in [-0.25, -0.2) is 14.1 Å². The highest BCUT2D eigenvalue weighted by atomic mass is 32.1. The summed E-state index contributed by atoms with van der Waals surface area (Å²) in [6.07, 6.45) is 6.33. The summed E-state index contributed by atoms with van der Waals surface area (Å²) in [5, 5.41) is 8.96. The van der Waals surface area contributed by atoms with Crippen molar-refractivity contribution in [3.8, 4) is 10.7 Å². The first-order valence-electron chi connectivity index (χ1n) is 9.13. The van der Waals surface area contributed by atoms with Crippen molar-refractivity contribution in [1.29, 1.82) is 0 Å². The first-order chi connectivity index (χ1) is 14.1. The second-order valence-electron chi connectivity index (χ2n) is 6.65. The standard InChI is InChI=1S/C21H18FN5OS/c1-14-20(19(28)9-6-15-3-2-10-23-11-15)29-21(24-14)18-13-27(26-25-18)12-16-4-7-17(22)8-5-16/h2-5,7-8,10-11,13H,6,9,12H2,1H3. The molecule has 3 aromatic heterocycles. The lowest BCUT2D eigenvalue weighted by molar-refractivity contribution is 0.0986. The van der Waals surface area contributed by atoms with Crippen LogP contribution in [0.1, 0.15) is 32.9 Å². The van der Waals surface area contributed by atoms with Crippen molar-refractivity contribution in [3.05, 3.63) is 82.5 Å². The Bertz CT molecular complexity index is 1120. The number of thiazole rings is 1. The molecule has 0 aliphatic carbocycles. The second-order valence-corrected chi connectivity index (χ2v) is 7.64. The number of aromatic nitrogens is 5. The van der Waals surface area contributed by atoms with E-state index in [9.17, 15) is 9.18 Å². The largest absolute Gasteiger partial charge is 0.293 e. The van der Waals surface area contributed by atoms with Gasteiger partial charge in [0.05, 0.1) is 23.3 Å². The van der Waals surface area contributed by atoms with Crippen molar-refractivity contribution in [3.63, 3.8) is 0 Å². The van der Waals surface area contributed by atoms with Gasteiger partial charge in [-0.05, 0) is 42.7 Å². The molecule has 0 saturated heterocycles. The van der Waals surface area contributed by atoms with E-state index in [1.165, 1.54) is 23.5 Å². The highest BCUT2D eigenvalue weighted by molar-refractivity contribution is 7.17. The number of halogens is 1. The van der Waals surface area contributed by atoms with Gasteiger partial charge in [-0.2, -0.15) is 0 Å². The quantitative estimate of drug-likeness (QED) is 0.431. The van der Waals surface area contributed by atoms with Crippen LogP contribution in [0.5, 0.6) is 0 Å². The van der Waals surface area contributed by atoms with Gasteiger partial charge in [-0.1, -0.05) is 23.4 Å². The van der Waals surface area contributed by atoms with Crippen LogP contribution in [0.3, 0.4) is 0 Å². The average molecular weight is 407 g/mol. The molecule has 0 spiro atoms. The van der Waals surface area contributed by atoms with Crippen molar-refractivity contribution in [1.82, 2.24) is 25.0 Å². The molecule has 6 nitrogen and oxygen atoms in total. The summed E-state index contributed by atoms with van der Waals surface area (Å²) in [7, 11) is 0. The van der Waals surface area contributed by atoms with Gasteiger partial charge in [0.1, 0.15) is 16.5 Å². The summed E-state index contributed by atoms with van der Waals surface area (Å²) >= 11 is 1.34. The second kappa shape index (κ2) is 8.40. The fourth-order valence-corrected chi connectivity index (χ4v) is 3.92. The van der Waals surface area contributed by atoms with Crippen LogP contribution in [0.15, 0.2) is 55.0 Å². The van der Waals surface area contributed by atoms with Gasteiger partial charge in [0.25, 0.3) is 0 Å². The van der Waals surface area contributed by atoms with Gasteiger partial charge in [-0.15, -0.1) is 16.4 Å². The molecule has 0 saturated carbocycles. The van der Waals surface area contributed by atoms with Crippen LogP contribution in [-0.2, 0) is 13.0 Å². The van der Waals surface area contributed by atoms with E-state index in [2.05, 4.69) is 20.3 Å². The number of rotatable bonds is 7. The van der Waals surface area contributed by atoms with E-state index < -0.39 is 0 Å². The molecule has 0 amide bonds. The predicted molar refractivity (Wildman–Crippen MR) is 108 cm³/mol.